The Morgan fingerprint density at radius 1 is 1.31 bits per heavy atom. The van der Waals surface area contributed by atoms with Gasteiger partial charge in [-0.15, -0.1) is 5.10 Å². The van der Waals surface area contributed by atoms with Crippen LogP contribution in [0.3, 0.4) is 0 Å². The molecule has 0 aliphatic carbocycles. The van der Waals surface area contributed by atoms with E-state index in [-0.39, 0.29) is 28.3 Å². The van der Waals surface area contributed by atoms with Crippen LogP contribution >= 0.6 is 0 Å². The average Bonchev–Trinajstić information content (AvgIpc) is 3.11. The molecule has 0 saturated heterocycles. The number of ether oxygens (including phenoxy) is 1. The first-order valence-corrected chi connectivity index (χ1v) is 7.97. The maximum atomic E-state index is 12.8. The lowest BCUT2D eigenvalue weighted by molar-refractivity contribution is -0.386. The second-order valence-corrected chi connectivity index (χ2v) is 5.71. The molecule has 3 rings (SSSR count). The van der Waals surface area contributed by atoms with Crippen LogP contribution in [-0.2, 0) is 0 Å². The van der Waals surface area contributed by atoms with E-state index in [0.717, 1.165) is 0 Å². The first kappa shape index (κ1) is 17.3. The van der Waals surface area contributed by atoms with Gasteiger partial charge < -0.3 is 10.1 Å². The Morgan fingerprint density at radius 3 is 2.58 bits per heavy atom. The number of fused-ring (bicyclic) bond motifs is 1. The molecule has 0 fully saturated rings. The molecule has 0 spiro atoms. The van der Waals surface area contributed by atoms with Gasteiger partial charge in [-0.1, -0.05) is 18.2 Å². The molecular weight excluding hydrogens is 338 g/mol. The van der Waals surface area contributed by atoms with Crippen molar-refractivity contribution < 1.29 is 14.5 Å². The lowest BCUT2D eigenvalue weighted by atomic mass is 10.2. The largest absolute Gasteiger partial charge is 0.463 e. The first-order valence-electron chi connectivity index (χ1n) is 7.97. The smallest absolute Gasteiger partial charge is 0.336 e. The molecule has 0 saturated carbocycles. The van der Waals surface area contributed by atoms with Gasteiger partial charge in [-0.05, 0) is 38.5 Å². The van der Waals surface area contributed by atoms with Gasteiger partial charge in [0.2, 0.25) is 0 Å². The zero-order valence-electron chi connectivity index (χ0n) is 14.5. The molecule has 0 radical (unpaired) electrons. The summed E-state index contributed by atoms with van der Waals surface area (Å²) in [4.78, 5) is 28.1. The number of hydrogen-bond donors (Lipinski definition) is 1. The molecule has 0 unspecified atom stereocenters. The molecule has 134 valence electrons. The highest BCUT2D eigenvalue weighted by atomic mass is 16.6. The van der Waals surface area contributed by atoms with Crippen LogP contribution in [0.1, 0.15) is 31.1 Å². The number of nitrogens with one attached hydrogen (secondary N) is 1. The number of aromatic nitrogens is 3. The monoisotopic (exact) mass is 355 g/mol. The minimum absolute atomic E-state index is 0.0636. The Labute approximate surface area is 148 Å². The van der Waals surface area contributed by atoms with E-state index in [1.54, 1.807) is 51.1 Å². The Bertz CT molecular complexity index is 1040. The molecule has 2 aromatic heterocycles. The molecule has 1 N–H and O–H groups in total. The number of anilines is 1. The fourth-order valence-electron chi connectivity index (χ4n) is 2.68. The summed E-state index contributed by atoms with van der Waals surface area (Å²) in [6.45, 7) is 5.53. The van der Waals surface area contributed by atoms with Gasteiger partial charge in [0.05, 0.1) is 11.5 Å². The van der Waals surface area contributed by atoms with E-state index in [4.69, 9.17) is 4.74 Å². The Morgan fingerprint density at radius 2 is 2.00 bits per heavy atom. The van der Waals surface area contributed by atoms with Crippen molar-refractivity contribution >= 4 is 28.5 Å². The van der Waals surface area contributed by atoms with Gasteiger partial charge in [0, 0.05) is 5.69 Å². The van der Waals surface area contributed by atoms with Crippen molar-refractivity contribution in [2.24, 2.45) is 0 Å². The predicted molar refractivity (Wildman–Crippen MR) is 95.2 cm³/mol. The SMILES string of the molecule is CCOc1nc2c(C(=O)Nc3ccccc3)c([N+](=O)[O-])c(=C(C)C)n2n1. The third kappa shape index (κ3) is 2.94. The molecule has 0 aliphatic heterocycles. The zero-order chi connectivity index (χ0) is 18.8. The number of benzene rings is 1. The number of amides is 1. The summed E-state index contributed by atoms with van der Waals surface area (Å²) in [5.74, 6) is -0.629. The van der Waals surface area contributed by atoms with Gasteiger partial charge in [0.15, 0.2) is 11.2 Å². The third-order valence-corrected chi connectivity index (χ3v) is 3.67. The number of carbonyl (C=O) groups excluding carboxylic acids is 1. The Kier molecular flexibility index (Phi) is 4.53. The van der Waals surface area contributed by atoms with E-state index in [0.29, 0.717) is 17.9 Å². The van der Waals surface area contributed by atoms with Crippen LogP contribution < -0.4 is 15.4 Å². The van der Waals surface area contributed by atoms with E-state index in [9.17, 15) is 14.9 Å². The molecule has 0 atom stereocenters. The number of rotatable bonds is 5. The molecule has 0 bridgehead atoms. The number of para-hydroxylation sites is 1. The van der Waals surface area contributed by atoms with Crippen LogP contribution in [0.4, 0.5) is 11.4 Å². The van der Waals surface area contributed by atoms with Crippen molar-refractivity contribution in [2.45, 2.75) is 20.8 Å². The second kappa shape index (κ2) is 6.79. The number of nitro groups is 1. The molecule has 0 aliphatic rings. The van der Waals surface area contributed by atoms with Crippen molar-refractivity contribution in [3.8, 4) is 6.01 Å². The maximum absolute atomic E-state index is 12.8. The summed E-state index contributed by atoms with van der Waals surface area (Å²) in [6, 6.07) is 8.76. The highest BCUT2D eigenvalue weighted by molar-refractivity contribution is 6.11. The van der Waals surface area contributed by atoms with Gasteiger partial charge in [0.25, 0.3) is 5.91 Å². The average molecular weight is 355 g/mol. The quantitative estimate of drug-likeness (QED) is 0.555. The summed E-state index contributed by atoms with van der Waals surface area (Å²) in [7, 11) is 0. The van der Waals surface area contributed by atoms with Gasteiger partial charge in [0.1, 0.15) is 5.35 Å². The fourth-order valence-corrected chi connectivity index (χ4v) is 2.68. The Balaban J connectivity index is 2.25. The van der Waals surface area contributed by atoms with Crippen molar-refractivity contribution in [1.82, 2.24) is 14.6 Å². The standard InChI is InChI=1S/C17H17N5O4/c1-4-26-17-19-15-12(16(23)18-11-8-6-5-7-9-11)14(22(24)25)13(10(2)3)21(15)20-17/h5-9H,4H2,1-3H3,(H,18,23). The highest BCUT2D eigenvalue weighted by Crippen LogP contribution is 2.24. The van der Waals surface area contributed by atoms with Crippen molar-refractivity contribution in [1.29, 1.82) is 0 Å². The molecule has 1 aromatic carbocycles. The van der Waals surface area contributed by atoms with Crippen LogP contribution in [0.2, 0.25) is 0 Å². The normalized spacial score (nSPS) is 10.7. The van der Waals surface area contributed by atoms with Crippen molar-refractivity contribution in [2.75, 3.05) is 11.9 Å². The minimum Gasteiger partial charge on any atom is -0.463 e. The summed E-state index contributed by atoms with van der Waals surface area (Å²) in [5.41, 5.74) is 0.776. The van der Waals surface area contributed by atoms with Gasteiger partial charge in [-0.3, -0.25) is 14.9 Å². The first-order chi connectivity index (χ1) is 12.4. The molecule has 26 heavy (non-hydrogen) atoms. The lowest BCUT2D eigenvalue weighted by Gasteiger charge is -2.03. The van der Waals surface area contributed by atoms with Crippen molar-refractivity contribution in [3.63, 3.8) is 0 Å². The predicted octanol–water partition coefficient (Wildman–Crippen LogP) is 2.20. The zero-order valence-corrected chi connectivity index (χ0v) is 14.5. The number of carbonyl (C=O) groups is 1. The van der Waals surface area contributed by atoms with E-state index in [2.05, 4.69) is 15.4 Å². The second-order valence-electron chi connectivity index (χ2n) is 5.71. The fraction of sp³-hybridized carbons (Fsp3) is 0.235. The van der Waals surface area contributed by atoms with E-state index >= 15 is 0 Å². The van der Waals surface area contributed by atoms with Crippen LogP contribution in [-0.4, -0.2) is 32.0 Å². The summed E-state index contributed by atoms with van der Waals surface area (Å²) in [5, 5.41) is 18.7. The third-order valence-electron chi connectivity index (χ3n) is 3.67. The molecule has 9 nitrogen and oxygen atoms in total. The van der Waals surface area contributed by atoms with Crippen LogP contribution in [0.25, 0.3) is 11.2 Å². The summed E-state index contributed by atoms with van der Waals surface area (Å²) >= 11 is 0. The maximum Gasteiger partial charge on any atom is 0.336 e. The number of nitrogens with zero attached hydrogens (tertiary/aromatic N) is 4. The molecular formula is C17H17N5O4. The van der Waals surface area contributed by atoms with Crippen LogP contribution in [0.5, 0.6) is 6.01 Å². The Hall–Kier alpha value is -3.49. The van der Waals surface area contributed by atoms with Crippen molar-refractivity contribution in [3.05, 3.63) is 51.4 Å². The van der Waals surface area contributed by atoms with Crippen LogP contribution in [0, 0.1) is 10.1 Å². The molecule has 9 heteroatoms. The molecule has 1 amide bonds. The minimum atomic E-state index is -0.629. The molecule has 2 heterocycles. The lowest BCUT2D eigenvalue weighted by Crippen LogP contribution is -2.18. The van der Waals surface area contributed by atoms with E-state index in [1.807, 2.05) is 0 Å². The topological polar surface area (TPSA) is 112 Å². The summed E-state index contributed by atoms with van der Waals surface area (Å²) < 4.78 is 6.57. The van der Waals surface area contributed by atoms with Gasteiger partial charge in [-0.2, -0.15) is 4.98 Å². The van der Waals surface area contributed by atoms with E-state index < -0.39 is 10.8 Å². The van der Waals surface area contributed by atoms with Gasteiger partial charge >= 0.3 is 11.7 Å². The van der Waals surface area contributed by atoms with E-state index in [1.165, 1.54) is 4.52 Å². The highest BCUT2D eigenvalue weighted by Gasteiger charge is 2.32. The molecule has 3 aromatic rings. The van der Waals surface area contributed by atoms with Gasteiger partial charge in [-0.25, -0.2) is 4.52 Å². The number of hydrogen-bond acceptors (Lipinski definition) is 6. The summed E-state index contributed by atoms with van der Waals surface area (Å²) in [6.07, 6.45) is 0. The van der Waals surface area contributed by atoms with Crippen LogP contribution in [0.15, 0.2) is 30.3 Å².